The molecule has 104 valence electrons. The van der Waals surface area contributed by atoms with Crippen molar-refractivity contribution < 1.29 is 14.3 Å². The molecule has 0 atom stereocenters. The number of carbonyl (C=O) groups is 2. The Balaban J connectivity index is 2.95. The van der Waals surface area contributed by atoms with Crippen molar-refractivity contribution in [3.63, 3.8) is 0 Å². The van der Waals surface area contributed by atoms with Crippen LogP contribution in [0, 0.1) is 6.92 Å². The van der Waals surface area contributed by atoms with Gasteiger partial charge in [0.05, 0.1) is 6.61 Å². The molecule has 0 saturated carbocycles. The quantitative estimate of drug-likeness (QED) is 0.659. The van der Waals surface area contributed by atoms with E-state index in [1.54, 1.807) is 6.92 Å². The topological polar surface area (TPSA) is 55.4 Å². The first-order valence-electron chi connectivity index (χ1n) is 6.35. The van der Waals surface area contributed by atoms with E-state index in [-0.39, 0.29) is 12.0 Å². The van der Waals surface area contributed by atoms with Crippen LogP contribution >= 0.6 is 0 Å². The van der Waals surface area contributed by atoms with Gasteiger partial charge >= 0.3 is 11.9 Å². The number of anilines is 1. The van der Waals surface area contributed by atoms with Crippen LogP contribution in [0.3, 0.4) is 0 Å². The van der Waals surface area contributed by atoms with Crippen molar-refractivity contribution in [3.05, 3.63) is 29.3 Å². The third kappa shape index (κ3) is 4.09. The van der Waals surface area contributed by atoms with Crippen LogP contribution in [0.25, 0.3) is 0 Å². The van der Waals surface area contributed by atoms with Gasteiger partial charge in [-0.15, -0.1) is 0 Å². The zero-order valence-corrected chi connectivity index (χ0v) is 12.2. The number of ether oxygens (including phenoxy) is 1. The van der Waals surface area contributed by atoms with E-state index in [0.717, 1.165) is 11.1 Å². The molecule has 0 heterocycles. The molecule has 4 heteroatoms. The van der Waals surface area contributed by atoms with Gasteiger partial charge in [0.25, 0.3) is 0 Å². The molecule has 1 N–H and O–H groups in total. The first-order chi connectivity index (χ1) is 8.75. The second-order valence-corrected chi connectivity index (χ2v) is 5.45. The summed E-state index contributed by atoms with van der Waals surface area (Å²) >= 11 is 0. The van der Waals surface area contributed by atoms with Gasteiger partial charge in [-0.05, 0) is 36.5 Å². The normalized spacial score (nSPS) is 11.0. The molecule has 0 aliphatic carbocycles. The molecule has 0 fully saturated rings. The van der Waals surface area contributed by atoms with Crippen LogP contribution < -0.4 is 5.32 Å². The molecule has 0 radical (unpaired) electrons. The van der Waals surface area contributed by atoms with Gasteiger partial charge in [-0.2, -0.15) is 0 Å². The number of rotatable bonds is 2. The number of amides is 1. The molecule has 1 rings (SSSR count). The molecule has 1 amide bonds. The minimum atomic E-state index is -0.858. The maximum atomic E-state index is 11.6. The molecule has 0 unspecified atom stereocenters. The number of esters is 1. The summed E-state index contributed by atoms with van der Waals surface area (Å²) in [4.78, 5) is 22.9. The Morgan fingerprint density at radius 2 is 1.89 bits per heavy atom. The van der Waals surface area contributed by atoms with Crippen LogP contribution in [-0.2, 0) is 19.7 Å². The van der Waals surface area contributed by atoms with Crippen molar-refractivity contribution in [1.82, 2.24) is 0 Å². The van der Waals surface area contributed by atoms with Gasteiger partial charge in [0.1, 0.15) is 0 Å². The minimum Gasteiger partial charge on any atom is -0.459 e. The molecule has 0 spiro atoms. The average molecular weight is 263 g/mol. The highest BCUT2D eigenvalue weighted by molar-refractivity contribution is 6.37. The average Bonchev–Trinajstić information content (AvgIpc) is 2.30. The first kappa shape index (κ1) is 15.2. The Morgan fingerprint density at radius 3 is 2.42 bits per heavy atom. The third-order valence-corrected chi connectivity index (χ3v) is 2.81. The Kier molecular flexibility index (Phi) is 4.70. The molecule has 0 aliphatic heterocycles. The third-order valence-electron chi connectivity index (χ3n) is 2.81. The fourth-order valence-corrected chi connectivity index (χ4v) is 1.59. The second kappa shape index (κ2) is 5.87. The summed E-state index contributed by atoms with van der Waals surface area (Å²) in [5.41, 5.74) is 2.63. The van der Waals surface area contributed by atoms with Crippen LogP contribution in [0.5, 0.6) is 0 Å². The lowest BCUT2D eigenvalue weighted by atomic mass is 9.86. The summed E-state index contributed by atoms with van der Waals surface area (Å²) in [5, 5.41) is 2.59. The van der Waals surface area contributed by atoms with E-state index < -0.39 is 11.9 Å². The second-order valence-electron chi connectivity index (χ2n) is 5.45. The number of aryl methyl sites for hydroxylation is 1. The Morgan fingerprint density at radius 1 is 1.26 bits per heavy atom. The molecule has 19 heavy (non-hydrogen) atoms. The van der Waals surface area contributed by atoms with Crippen molar-refractivity contribution in [3.8, 4) is 0 Å². The van der Waals surface area contributed by atoms with E-state index in [2.05, 4.69) is 30.8 Å². The molecule has 0 bridgehead atoms. The van der Waals surface area contributed by atoms with Gasteiger partial charge in [-0.25, -0.2) is 4.79 Å². The predicted octanol–water partition coefficient (Wildman–Crippen LogP) is 2.79. The van der Waals surface area contributed by atoms with Gasteiger partial charge in [0.15, 0.2) is 0 Å². The lowest BCUT2D eigenvalue weighted by Crippen LogP contribution is -2.25. The minimum absolute atomic E-state index is 0.0168. The van der Waals surface area contributed by atoms with Crippen LogP contribution in [-0.4, -0.2) is 18.5 Å². The maximum Gasteiger partial charge on any atom is 0.397 e. The van der Waals surface area contributed by atoms with E-state index >= 15 is 0 Å². The summed E-state index contributed by atoms with van der Waals surface area (Å²) in [7, 11) is 0. The smallest absolute Gasteiger partial charge is 0.397 e. The van der Waals surface area contributed by atoms with Crippen molar-refractivity contribution >= 4 is 17.6 Å². The fourth-order valence-electron chi connectivity index (χ4n) is 1.59. The van der Waals surface area contributed by atoms with Crippen molar-refractivity contribution in [2.45, 2.75) is 40.0 Å². The number of hydrogen-bond acceptors (Lipinski definition) is 3. The largest absolute Gasteiger partial charge is 0.459 e. The number of carbonyl (C=O) groups excluding carboxylic acids is 2. The van der Waals surface area contributed by atoms with E-state index in [1.807, 2.05) is 25.1 Å². The molecule has 1 aromatic rings. The molecule has 1 aromatic carbocycles. The summed E-state index contributed by atoms with van der Waals surface area (Å²) in [6, 6.07) is 5.85. The molecule has 4 nitrogen and oxygen atoms in total. The highest BCUT2D eigenvalue weighted by atomic mass is 16.5. The van der Waals surface area contributed by atoms with E-state index in [4.69, 9.17) is 0 Å². The summed E-state index contributed by atoms with van der Waals surface area (Å²) in [6.07, 6.45) is 0. The SMILES string of the molecule is CCOC(=O)C(=O)Nc1cc(C(C)(C)C)ccc1C. The van der Waals surface area contributed by atoms with Gasteiger partial charge in [-0.1, -0.05) is 32.9 Å². The molecular formula is C15H21NO3. The van der Waals surface area contributed by atoms with Gasteiger partial charge in [-0.3, -0.25) is 4.79 Å². The number of benzene rings is 1. The lowest BCUT2D eigenvalue weighted by Gasteiger charge is -2.20. The van der Waals surface area contributed by atoms with Crippen molar-refractivity contribution in [2.24, 2.45) is 0 Å². The maximum absolute atomic E-state index is 11.6. The van der Waals surface area contributed by atoms with Crippen molar-refractivity contribution in [1.29, 1.82) is 0 Å². The standard InChI is InChI=1S/C15H21NO3/c1-6-19-14(18)13(17)16-12-9-11(15(3,4)5)8-7-10(12)2/h7-9H,6H2,1-5H3,(H,16,17). The predicted molar refractivity (Wildman–Crippen MR) is 75.1 cm³/mol. The highest BCUT2D eigenvalue weighted by Crippen LogP contribution is 2.26. The molecule has 0 aliphatic rings. The van der Waals surface area contributed by atoms with Crippen LogP contribution in [0.4, 0.5) is 5.69 Å². The van der Waals surface area contributed by atoms with E-state index in [9.17, 15) is 9.59 Å². The monoisotopic (exact) mass is 263 g/mol. The van der Waals surface area contributed by atoms with Crippen LogP contribution in [0.15, 0.2) is 18.2 Å². The summed E-state index contributed by atoms with van der Waals surface area (Å²) in [5.74, 6) is -1.60. The Labute approximate surface area is 114 Å². The summed E-state index contributed by atoms with van der Waals surface area (Å²) in [6.45, 7) is 10.0. The molecule has 0 saturated heterocycles. The van der Waals surface area contributed by atoms with Gasteiger partial charge in [0, 0.05) is 5.69 Å². The Hall–Kier alpha value is -1.84. The van der Waals surface area contributed by atoms with Crippen molar-refractivity contribution in [2.75, 3.05) is 11.9 Å². The zero-order valence-electron chi connectivity index (χ0n) is 12.2. The van der Waals surface area contributed by atoms with Gasteiger partial charge in [0.2, 0.25) is 0 Å². The van der Waals surface area contributed by atoms with E-state index in [1.165, 1.54) is 0 Å². The van der Waals surface area contributed by atoms with Crippen LogP contribution in [0.1, 0.15) is 38.8 Å². The highest BCUT2D eigenvalue weighted by Gasteiger charge is 2.18. The van der Waals surface area contributed by atoms with Gasteiger partial charge < -0.3 is 10.1 Å². The van der Waals surface area contributed by atoms with E-state index in [0.29, 0.717) is 5.69 Å². The lowest BCUT2D eigenvalue weighted by molar-refractivity contribution is -0.152. The van der Waals surface area contributed by atoms with Crippen LogP contribution in [0.2, 0.25) is 0 Å². The Bertz CT molecular complexity index is 487. The summed E-state index contributed by atoms with van der Waals surface area (Å²) < 4.78 is 4.66. The number of nitrogens with one attached hydrogen (secondary N) is 1. The zero-order chi connectivity index (χ0) is 14.6. The fraction of sp³-hybridized carbons (Fsp3) is 0.467. The number of hydrogen-bond donors (Lipinski definition) is 1. The molecule has 0 aromatic heterocycles. The first-order valence-corrected chi connectivity index (χ1v) is 6.35. The molecular weight excluding hydrogens is 242 g/mol.